The summed E-state index contributed by atoms with van der Waals surface area (Å²) in [6.45, 7) is -0.880. The van der Waals surface area contributed by atoms with E-state index in [4.69, 9.17) is 28.9 Å². The van der Waals surface area contributed by atoms with Gasteiger partial charge in [0.2, 0.25) is 0 Å². The zero-order valence-electron chi connectivity index (χ0n) is 27.6. The molecule has 2 aliphatic carbocycles. The van der Waals surface area contributed by atoms with Gasteiger partial charge in [-0.15, -0.1) is 0 Å². The molecule has 0 spiro atoms. The lowest BCUT2D eigenvalue weighted by Crippen LogP contribution is -2.39. The third kappa shape index (κ3) is 8.96. The number of nitrogens with two attached hydrogens (primary N) is 1. The highest BCUT2D eigenvalue weighted by Crippen LogP contribution is 2.49. The second-order valence-corrected chi connectivity index (χ2v) is 13.7. The molecule has 0 unspecified atom stereocenters. The van der Waals surface area contributed by atoms with E-state index in [2.05, 4.69) is 19.9 Å². The molecule has 0 saturated heterocycles. The van der Waals surface area contributed by atoms with Gasteiger partial charge in [0.05, 0.1) is 24.2 Å². The molecule has 2 fully saturated rings. The normalized spacial score (nSPS) is 15.7. The Balaban J connectivity index is 0.000000206. The predicted molar refractivity (Wildman–Crippen MR) is 182 cm³/mol. The van der Waals surface area contributed by atoms with Gasteiger partial charge in [0.1, 0.15) is 23.3 Å². The fourth-order valence-corrected chi connectivity index (χ4v) is 7.00. The lowest BCUT2D eigenvalue weighted by molar-refractivity contribution is -0.173. The molecule has 3 N–H and O–H groups in total. The van der Waals surface area contributed by atoms with Crippen molar-refractivity contribution in [2.75, 3.05) is 13.1 Å². The van der Waals surface area contributed by atoms with Crippen molar-refractivity contribution < 1.29 is 36.3 Å². The summed E-state index contributed by atoms with van der Waals surface area (Å²) in [7, 11) is 0. The quantitative estimate of drug-likeness (QED) is 0.125. The van der Waals surface area contributed by atoms with Crippen LogP contribution in [-0.4, -0.2) is 56.7 Å². The average molecular weight is 764 g/mol. The van der Waals surface area contributed by atoms with Crippen LogP contribution < -0.4 is 11.1 Å². The Kier molecular flexibility index (Phi) is 12.0. The zero-order chi connectivity index (χ0) is 37.7. The van der Waals surface area contributed by atoms with Gasteiger partial charge in [-0.2, -0.15) is 13.2 Å². The fraction of sp³-hybridized carbons (Fsp3) is 0.361. The van der Waals surface area contributed by atoms with E-state index >= 15 is 0 Å². The summed E-state index contributed by atoms with van der Waals surface area (Å²) in [6, 6.07) is 8.66. The van der Waals surface area contributed by atoms with Crippen molar-refractivity contribution in [3.8, 4) is 0 Å². The van der Waals surface area contributed by atoms with Crippen LogP contribution in [0.3, 0.4) is 0 Å². The van der Waals surface area contributed by atoms with Crippen LogP contribution in [0.15, 0.2) is 61.2 Å². The second-order valence-electron chi connectivity index (χ2n) is 12.9. The number of amides is 1. The minimum Gasteiger partial charge on any atom is -0.341 e. The maximum Gasteiger partial charge on any atom is 0.471 e. The van der Waals surface area contributed by atoms with Crippen molar-refractivity contribution in [2.45, 2.75) is 68.4 Å². The van der Waals surface area contributed by atoms with Gasteiger partial charge in [-0.1, -0.05) is 36.0 Å². The topological polar surface area (TPSA) is 141 Å². The Morgan fingerprint density at radius 2 is 1.12 bits per heavy atom. The molecule has 2 saturated carbocycles. The third-order valence-electron chi connectivity index (χ3n) is 9.52. The highest BCUT2D eigenvalue weighted by molar-refractivity contribution is 6.31. The summed E-state index contributed by atoms with van der Waals surface area (Å²) in [5, 5.41) is 2.53. The third-order valence-corrected chi connectivity index (χ3v) is 10.2. The summed E-state index contributed by atoms with van der Waals surface area (Å²) in [6.07, 6.45) is 6.71. The lowest BCUT2D eigenvalue weighted by Gasteiger charge is -2.42. The monoisotopic (exact) mass is 762 g/mol. The van der Waals surface area contributed by atoms with E-state index in [0.717, 1.165) is 44.1 Å². The molecule has 2 aromatic heterocycles. The second kappa shape index (κ2) is 16.1. The highest BCUT2D eigenvalue weighted by Gasteiger charge is 2.42. The minimum absolute atomic E-state index is 0.0253. The Morgan fingerprint density at radius 3 is 1.46 bits per heavy atom. The molecule has 0 atom stereocenters. The first-order chi connectivity index (χ1) is 24.6. The number of ketones is 2. The lowest BCUT2D eigenvalue weighted by atomic mass is 9.62. The maximum atomic E-state index is 13.7. The Hall–Kier alpha value is -4.40. The number of hydrogen-bond donors (Lipinski definition) is 2. The molecule has 6 rings (SSSR count). The van der Waals surface area contributed by atoms with Crippen LogP contribution in [0, 0.1) is 11.6 Å². The van der Waals surface area contributed by atoms with Gasteiger partial charge in [0.15, 0.2) is 11.6 Å². The van der Waals surface area contributed by atoms with Gasteiger partial charge in [-0.25, -0.2) is 28.7 Å². The number of Topliss-reactive ketones (excluding diaryl/α,β-unsaturated/α-hetero) is 2. The largest absolute Gasteiger partial charge is 0.471 e. The fourth-order valence-electron chi connectivity index (χ4n) is 6.36. The molecule has 9 nitrogen and oxygen atoms in total. The van der Waals surface area contributed by atoms with E-state index < -0.39 is 35.6 Å². The number of rotatable bonds is 11. The van der Waals surface area contributed by atoms with Gasteiger partial charge in [-0.3, -0.25) is 14.4 Å². The van der Waals surface area contributed by atoms with E-state index in [1.54, 1.807) is 6.07 Å². The molecule has 52 heavy (non-hydrogen) atoms. The number of aromatic nitrogens is 4. The number of carbonyl (C=O) groups excluding carboxylic acids is 3. The molecule has 1 amide bonds. The molecule has 2 aliphatic rings. The Bertz CT molecular complexity index is 1940. The first-order valence-corrected chi connectivity index (χ1v) is 17.0. The number of alkyl halides is 3. The number of nitrogens with one attached hydrogen (secondary N) is 1. The summed E-state index contributed by atoms with van der Waals surface area (Å²) in [5.41, 5.74) is 6.59. The summed E-state index contributed by atoms with van der Waals surface area (Å²) >= 11 is 12.5. The van der Waals surface area contributed by atoms with Gasteiger partial charge >= 0.3 is 12.1 Å². The summed E-state index contributed by atoms with van der Waals surface area (Å²) in [5.74, 6) is -2.79. The van der Waals surface area contributed by atoms with E-state index in [9.17, 15) is 36.3 Å². The van der Waals surface area contributed by atoms with Crippen LogP contribution in [0.25, 0.3) is 0 Å². The van der Waals surface area contributed by atoms with Gasteiger partial charge < -0.3 is 11.1 Å². The minimum atomic E-state index is -5.06. The molecule has 2 aromatic carbocycles. The first kappa shape index (κ1) is 38.8. The van der Waals surface area contributed by atoms with Crippen molar-refractivity contribution >= 4 is 40.7 Å². The molecule has 0 bridgehead atoms. The molecular weight excluding hydrogens is 730 g/mol. The molecule has 2 heterocycles. The van der Waals surface area contributed by atoms with Crippen LogP contribution in [0.4, 0.5) is 22.0 Å². The Morgan fingerprint density at radius 1 is 0.712 bits per heavy atom. The van der Waals surface area contributed by atoms with Crippen LogP contribution in [0.5, 0.6) is 0 Å². The van der Waals surface area contributed by atoms with Crippen molar-refractivity contribution in [3.05, 3.63) is 117 Å². The van der Waals surface area contributed by atoms with Gasteiger partial charge in [0, 0.05) is 58.5 Å². The number of nitrogens with zero attached hydrogens (tertiary/aromatic N) is 4. The zero-order valence-corrected chi connectivity index (χ0v) is 29.1. The molecule has 0 aliphatic heterocycles. The predicted octanol–water partition coefficient (Wildman–Crippen LogP) is 6.87. The van der Waals surface area contributed by atoms with E-state index in [1.165, 1.54) is 60.4 Å². The van der Waals surface area contributed by atoms with E-state index in [-0.39, 0.29) is 29.1 Å². The smallest absolute Gasteiger partial charge is 0.341 e. The summed E-state index contributed by atoms with van der Waals surface area (Å²) < 4.78 is 63.8. The van der Waals surface area contributed by atoms with Crippen LogP contribution in [-0.2, 0) is 28.5 Å². The Labute approximate surface area is 305 Å². The van der Waals surface area contributed by atoms with Crippen molar-refractivity contribution in [1.82, 2.24) is 25.3 Å². The molecule has 16 heteroatoms. The molecule has 0 radical (unpaired) electrons. The number of hydrogen-bond acceptors (Lipinski definition) is 8. The summed E-state index contributed by atoms with van der Waals surface area (Å²) in [4.78, 5) is 51.0. The van der Waals surface area contributed by atoms with Crippen LogP contribution in [0.1, 0.15) is 82.0 Å². The standard InChI is InChI=1S/C19H16ClF4N3O2.C17H17ClFN3O/c20-14-3-2-12(21)6-13(14)18(4-1-5-18)7-16-25-8-11(9-26-16)15(28)10-27-17(29)19(22,23)24;18-14-3-2-12(19)6-13(14)17(4-1-5-17)7-16-21-9-11(10-22-16)15(23)8-20/h2-3,6,8-9H,1,4-5,7,10H2,(H,27,29);2-3,6,9-10H,1,4-5,7-8,20H2. The molecular formula is C36H33Cl2F5N6O3. The first-order valence-electron chi connectivity index (χ1n) is 16.3. The SMILES string of the molecule is NCC(=O)c1cnc(CC2(c3cc(F)ccc3Cl)CCC2)nc1.O=C(CNC(=O)C(F)(F)F)c1cnc(CC2(c3cc(F)ccc3Cl)CCC2)nc1. The molecule has 4 aromatic rings. The van der Waals surface area contributed by atoms with Crippen molar-refractivity contribution in [1.29, 1.82) is 0 Å². The average Bonchev–Trinajstić information content (AvgIpc) is 3.09. The van der Waals surface area contributed by atoms with Gasteiger partial charge in [-0.05, 0) is 73.2 Å². The van der Waals surface area contributed by atoms with Crippen molar-refractivity contribution in [3.63, 3.8) is 0 Å². The van der Waals surface area contributed by atoms with E-state index in [1.807, 2.05) is 0 Å². The van der Waals surface area contributed by atoms with Crippen molar-refractivity contribution in [2.24, 2.45) is 5.73 Å². The van der Waals surface area contributed by atoms with Crippen LogP contribution in [0.2, 0.25) is 10.0 Å². The van der Waals surface area contributed by atoms with Gasteiger partial charge in [0.25, 0.3) is 0 Å². The van der Waals surface area contributed by atoms with Crippen LogP contribution >= 0.6 is 23.2 Å². The number of carbonyl (C=O) groups is 3. The highest BCUT2D eigenvalue weighted by atomic mass is 35.5. The number of benzene rings is 2. The molecule has 274 valence electrons. The number of halogens is 7. The van der Waals surface area contributed by atoms with E-state index in [0.29, 0.717) is 45.7 Å². The maximum absolute atomic E-state index is 13.7.